The Balaban J connectivity index is 2.26. The molecule has 0 radical (unpaired) electrons. The first-order valence-electron chi connectivity index (χ1n) is 6.27. The van der Waals surface area contributed by atoms with E-state index in [2.05, 4.69) is 19.2 Å². The Labute approximate surface area is 112 Å². The first-order valence-corrected chi connectivity index (χ1v) is 7.22. The molecule has 0 bridgehead atoms. The summed E-state index contributed by atoms with van der Waals surface area (Å²) >= 11 is 1.59. The minimum atomic E-state index is -0.153. The van der Waals surface area contributed by atoms with Crippen molar-refractivity contribution in [2.75, 3.05) is 6.54 Å². The third kappa shape index (κ3) is 2.98. The van der Waals surface area contributed by atoms with Crippen molar-refractivity contribution in [3.05, 3.63) is 46.4 Å². The molecule has 3 heteroatoms. The molecule has 0 aliphatic heterocycles. The molecule has 0 aliphatic carbocycles. The number of rotatable bonds is 5. The first-order chi connectivity index (χ1) is 8.72. The van der Waals surface area contributed by atoms with Gasteiger partial charge in [0, 0.05) is 11.6 Å². The topological polar surface area (TPSA) is 12.0 Å². The summed E-state index contributed by atoms with van der Waals surface area (Å²) in [4.78, 5) is 0. The number of halogens is 1. The Morgan fingerprint density at radius 2 is 2.17 bits per heavy atom. The van der Waals surface area contributed by atoms with Crippen molar-refractivity contribution in [3.8, 4) is 11.1 Å². The van der Waals surface area contributed by atoms with Gasteiger partial charge < -0.3 is 5.32 Å². The van der Waals surface area contributed by atoms with Crippen LogP contribution >= 0.6 is 11.3 Å². The molecule has 1 unspecified atom stereocenters. The van der Waals surface area contributed by atoms with Gasteiger partial charge in [0.25, 0.3) is 0 Å². The molecule has 1 atom stereocenters. The predicted molar refractivity (Wildman–Crippen MR) is 76.4 cm³/mol. The predicted octanol–water partition coefficient (Wildman–Crippen LogP) is 4.61. The fourth-order valence-electron chi connectivity index (χ4n) is 1.93. The summed E-state index contributed by atoms with van der Waals surface area (Å²) in [7, 11) is 0. The van der Waals surface area contributed by atoms with Gasteiger partial charge in [-0.05, 0) is 60.0 Å². The van der Waals surface area contributed by atoms with E-state index in [0.717, 1.165) is 24.1 Å². The standard InChI is InChI=1S/C15H18FNS/c1-3-7-17-11(2)12-4-5-15(16)14(9-12)13-6-8-18-10-13/h4-6,8-11,17H,3,7H2,1-2H3. The molecule has 0 saturated carbocycles. The van der Waals surface area contributed by atoms with Crippen molar-refractivity contribution in [1.82, 2.24) is 5.32 Å². The summed E-state index contributed by atoms with van der Waals surface area (Å²) in [5, 5.41) is 7.37. The quantitative estimate of drug-likeness (QED) is 0.830. The molecular formula is C15H18FNS. The van der Waals surface area contributed by atoms with Crippen LogP contribution < -0.4 is 5.32 Å². The third-order valence-electron chi connectivity index (χ3n) is 3.02. The van der Waals surface area contributed by atoms with Gasteiger partial charge in [0.15, 0.2) is 0 Å². The number of thiophene rings is 1. The van der Waals surface area contributed by atoms with Crippen molar-refractivity contribution >= 4 is 11.3 Å². The average molecular weight is 263 g/mol. The van der Waals surface area contributed by atoms with Crippen LogP contribution in [0.15, 0.2) is 35.0 Å². The van der Waals surface area contributed by atoms with Gasteiger partial charge in [-0.15, -0.1) is 0 Å². The Morgan fingerprint density at radius 1 is 1.33 bits per heavy atom. The number of hydrogen-bond acceptors (Lipinski definition) is 2. The zero-order chi connectivity index (χ0) is 13.0. The lowest BCUT2D eigenvalue weighted by atomic mass is 10.0. The van der Waals surface area contributed by atoms with E-state index in [1.54, 1.807) is 17.4 Å². The Morgan fingerprint density at radius 3 is 2.83 bits per heavy atom. The molecule has 2 aromatic rings. The van der Waals surface area contributed by atoms with Crippen molar-refractivity contribution < 1.29 is 4.39 Å². The van der Waals surface area contributed by atoms with Crippen molar-refractivity contribution in [1.29, 1.82) is 0 Å². The highest BCUT2D eigenvalue weighted by Gasteiger charge is 2.10. The Kier molecular flexibility index (Phi) is 4.50. The summed E-state index contributed by atoms with van der Waals surface area (Å²) < 4.78 is 13.8. The molecule has 18 heavy (non-hydrogen) atoms. The normalized spacial score (nSPS) is 12.6. The fraction of sp³-hybridized carbons (Fsp3) is 0.333. The number of nitrogens with one attached hydrogen (secondary N) is 1. The smallest absolute Gasteiger partial charge is 0.131 e. The van der Waals surface area contributed by atoms with Crippen molar-refractivity contribution in [2.24, 2.45) is 0 Å². The van der Waals surface area contributed by atoms with E-state index < -0.39 is 0 Å². The average Bonchev–Trinajstić information content (AvgIpc) is 2.90. The lowest BCUT2D eigenvalue weighted by Gasteiger charge is -2.15. The highest BCUT2D eigenvalue weighted by molar-refractivity contribution is 7.08. The second-order valence-corrected chi connectivity index (χ2v) is 5.21. The number of hydrogen-bond donors (Lipinski definition) is 1. The molecule has 0 spiro atoms. The Hall–Kier alpha value is -1.19. The summed E-state index contributed by atoms with van der Waals surface area (Å²) in [6.45, 7) is 5.23. The minimum absolute atomic E-state index is 0.153. The maximum atomic E-state index is 13.8. The molecule has 1 nitrogen and oxygen atoms in total. The monoisotopic (exact) mass is 263 g/mol. The van der Waals surface area contributed by atoms with Crippen LogP contribution in [0, 0.1) is 5.82 Å². The summed E-state index contributed by atoms with van der Waals surface area (Å²) in [6.07, 6.45) is 1.10. The van der Waals surface area contributed by atoms with Gasteiger partial charge >= 0.3 is 0 Å². The lowest BCUT2D eigenvalue weighted by Crippen LogP contribution is -2.19. The van der Waals surface area contributed by atoms with Gasteiger partial charge in [-0.25, -0.2) is 4.39 Å². The largest absolute Gasteiger partial charge is 0.310 e. The van der Waals surface area contributed by atoms with Gasteiger partial charge in [0.2, 0.25) is 0 Å². The zero-order valence-corrected chi connectivity index (χ0v) is 11.6. The molecule has 0 amide bonds. The van der Waals surface area contributed by atoms with Crippen LogP contribution in [0.1, 0.15) is 31.9 Å². The van der Waals surface area contributed by atoms with Gasteiger partial charge in [-0.2, -0.15) is 11.3 Å². The molecule has 2 rings (SSSR count). The molecule has 96 valence electrons. The van der Waals surface area contributed by atoms with Crippen molar-refractivity contribution in [3.63, 3.8) is 0 Å². The molecule has 1 aromatic carbocycles. The second-order valence-electron chi connectivity index (χ2n) is 4.43. The molecule has 0 fully saturated rings. The van der Waals surface area contributed by atoms with Gasteiger partial charge in [-0.3, -0.25) is 0 Å². The molecule has 1 N–H and O–H groups in total. The maximum absolute atomic E-state index is 13.8. The van der Waals surface area contributed by atoms with Crippen LogP contribution in [0.2, 0.25) is 0 Å². The van der Waals surface area contributed by atoms with Crippen LogP contribution in [0.5, 0.6) is 0 Å². The molecule has 1 heterocycles. The summed E-state index contributed by atoms with van der Waals surface area (Å²) in [5.74, 6) is -0.153. The molecular weight excluding hydrogens is 245 g/mol. The van der Waals surface area contributed by atoms with E-state index in [9.17, 15) is 4.39 Å². The molecule has 0 saturated heterocycles. The van der Waals surface area contributed by atoms with Crippen LogP contribution in [0.4, 0.5) is 4.39 Å². The molecule has 1 aromatic heterocycles. The minimum Gasteiger partial charge on any atom is -0.310 e. The van der Waals surface area contributed by atoms with Gasteiger partial charge in [-0.1, -0.05) is 13.0 Å². The van der Waals surface area contributed by atoms with Gasteiger partial charge in [0.05, 0.1) is 0 Å². The van der Waals surface area contributed by atoms with Crippen LogP contribution in [-0.2, 0) is 0 Å². The Bertz CT molecular complexity index is 493. The summed E-state index contributed by atoms with van der Waals surface area (Å²) in [5.41, 5.74) is 2.78. The maximum Gasteiger partial charge on any atom is 0.131 e. The summed E-state index contributed by atoms with van der Waals surface area (Å²) in [6, 6.07) is 7.58. The van der Waals surface area contributed by atoms with Crippen molar-refractivity contribution in [2.45, 2.75) is 26.3 Å². The SMILES string of the molecule is CCCNC(C)c1ccc(F)c(-c2ccsc2)c1. The van der Waals surface area contributed by atoms with Crippen LogP contribution in [-0.4, -0.2) is 6.54 Å². The van der Waals surface area contributed by atoms with Crippen LogP contribution in [0.25, 0.3) is 11.1 Å². The van der Waals surface area contributed by atoms with E-state index >= 15 is 0 Å². The van der Waals surface area contributed by atoms with E-state index in [1.807, 2.05) is 29.0 Å². The second kappa shape index (κ2) is 6.12. The first kappa shape index (κ1) is 13.2. The third-order valence-corrected chi connectivity index (χ3v) is 3.71. The lowest BCUT2D eigenvalue weighted by molar-refractivity contribution is 0.568. The fourth-order valence-corrected chi connectivity index (χ4v) is 2.59. The van der Waals surface area contributed by atoms with E-state index in [4.69, 9.17) is 0 Å². The highest BCUT2D eigenvalue weighted by Crippen LogP contribution is 2.27. The zero-order valence-electron chi connectivity index (χ0n) is 10.7. The number of benzene rings is 1. The molecule has 0 aliphatic rings. The van der Waals surface area contributed by atoms with Crippen LogP contribution in [0.3, 0.4) is 0 Å². The highest BCUT2D eigenvalue weighted by atomic mass is 32.1. The van der Waals surface area contributed by atoms with E-state index in [1.165, 1.54) is 0 Å². The van der Waals surface area contributed by atoms with Gasteiger partial charge in [0.1, 0.15) is 5.82 Å². The van der Waals surface area contributed by atoms with E-state index in [-0.39, 0.29) is 11.9 Å². The van der Waals surface area contributed by atoms with E-state index in [0.29, 0.717) is 5.56 Å².